The highest BCUT2D eigenvalue weighted by molar-refractivity contribution is 5.63. The first-order valence-electron chi connectivity index (χ1n) is 18.0. The van der Waals surface area contributed by atoms with Crippen LogP contribution < -0.4 is 0 Å². The molecule has 10 nitrogen and oxygen atoms in total. The first kappa shape index (κ1) is 32.2. The molecule has 3 heterocycles. The maximum Gasteiger partial charge on any atom is 0.509 e. The molecule has 0 bridgehead atoms. The number of carbonyl (C=O) groups excluding carboxylic acids is 1. The summed E-state index contributed by atoms with van der Waals surface area (Å²) < 4.78 is 30.1. The van der Waals surface area contributed by atoms with Gasteiger partial charge in [0.15, 0.2) is 12.4 Å². The normalized spacial score (nSPS) is 59.6. The fourth-order valence-corrected chi connectivity index (χ4v) is 13.9. The minimum Gasteiger partial charge on any atom is -0.424 e. The third-order valence-electron chi connectivity index (χ3n) is 16.1. The van der Waals surface area contributed by atoms with Gasteiger partial charge in [0.25, 0.3) is 0 Å². The van der Waals surface area contributed by atoms with E-state index >= 15 is 0 Å². The van der Waals surface area contributed by atoms with Crippen LogP contribution in [-0.4, -0.2) is 93.9 Å². The number of cyclic esters (lactones) is 2. The van der Waals surface area contributed by atoms with Crippen molar-refractivity contribution >= 4 is 6.16 Å². The Labute approximate surface area is 272 Å². The summed E-state index contributed by atoms with van der Waals surface area (Å²) in [7, 11) is 0. The molecule has 0 aromatic carbocycles. The Kier molecular flexibility index (Phi) is 6.88. The minimum absolute atomic E-state index is 0.0592. The SMILES string of the molecule is C[C@@H]1C[C@H]([C@@H]2OC(=O)OC2(C)C)OC2C(O)[C@@]3(C)[C@@H]4CC[C@H]5C(C)(C)[C@@H](O[C@@H]6OC[C@@H](O)[C@H](O)[C@H]6O)CC[C@@]56C[C@@]46CC[C@]3(C)C21. The van der Waals surface area contributed by atoms with Gasteiger partial charge in [-0.2, -0.15) is 0 Å². The highest BCUT2D eigenvalue weighted by atomic mass is 16.8. The first-order valence-corrected chi connectivity index (χ1v) is 18.0. The maximum atomic E-state index is 12.5. The number of hydrogen-bond donors (Lipinski definition) is 4. The van der Waals surface area contributed by atoms with Crippen LogP contribution in [0, 0.1) is 50.7 Å². The zero-order chi connectivity index (χ0) is 33.0. The van der Waals surface area contributed by atoms with Crippen LogP contribution in [0.3, 0.4) is 0 Å². The number of aliphatic hydroxyl groups is 4. The molecule has 5 aliphatic carbocycles. The number of rotatable bonds is 3. The lowest BCUT2D eigenvalue weighted by Crippen LogP contribution is -2.61. The van der Waals surface area contributed by atoms with E-state index in [1.54, 1.807) is 0 Å². The van der Waals surface area contributed by atoms with Crippen LogP contribution in [0.25, 0.3) is 0 Å². The molecule has 3 unspecified atom stereocenters. The van der Waals surface area contributed by atoms with E-state index in [-0.39, 0.29) is 57.9 Å². The molecule has 0 radical (unpaired) electrons. The Bertz CT molecular complexity index is 1270. The van der Waals surface area contributed by atoms with Crippen LogP contribution in [0.5, 0.6) is 0 Å². The standard InChI is InChI=1S/C36H56O10/c1-17-14-19(28-32(4,5)46-30(41)45-28)43-26-23(17)33(6)12-13-36-16-35(36)11-10-22(44-29-25(39)24(38)18(37)15-42-29)31(2,3)20(35)8-9-21(36)34(33,7)27(26)40/h17-29,37-40H,8-16H2,1-7H3/t17-,18-,19-,20+,21+,22+,23?,24+,25-,26?,27?,28+,29+,33-,34-,35-,36+/m1/s1. The Morgan fingerprint density at radius 1 is 0.870 bits per heavy atom. The molecule has 0 aromatic rings. The van der Waals surface area contributed by atoms with Gasteiger partial charge in [0.2, 0.25) is 0 Å². The number of fused-ring (bicyclic) bond motifs is 4. The maximum absolute atomic E-state index is 12.5. The summed E-state index contributed by atoms with van der Waals surface area (Å²) in [6, 6.07) is 0. The summed E-state index contributed by atoms with van der Waals surface area (Å²) >= 11 is 0. The molecule has 0 amide bonds. The molecule has 0 aromatic heterocycles. The van der Waals surface area contributed by atoms with Gasteiger partial charge in [-0.05, 0) is 111 Å². The van der Waals surface area contributed by atoms with Crippen molar-refractivity contribution in [2.75, 3.05) is 6.61 Å². The van der Waals surface area contributed by atoms with Crippen molar-refractivity contribution in [3.8, 4) is 0 Å². The van der Waals surface area contributed by atoms with E-state index in [1.165, 1.54) is 12.8 Å². The number of hydrogen-bond acceptors (Lipinski definition) is 10. The van der Waals surface area contributed by atoms with Gasteiger partial charge in [-0.15, -0.1) is 0 Å². The van der Waals surface area contributed by atoms with Gasteiger partial charge < -0.3 is 44.1 Å². The molecule has 4 N–H and O–H groups in total. The highest BCUT2D eigenvalue weighted by Gasteiger charge is 2.85. The lowest BCUT2D eigenvalue weighted by atomic mass is 9.41. The van der Waals surface area contributed by atoms with E-state index in [4.69, 9.17) is 23.7 Å². The van der Waals surface area contributed by atoms with Crippen LogP contribution in [0.4, 0.5) is 4.79 Å². The molecule has 2 spiro atoms. The molecular weight excluding hydrogens is 592 g/mol. The lowest BCUT2D eigenvalue weighted by molar-refractivity contribution is -0.303. The van der Waals surface area contributed by atoms with E-state index in [0.29, 0.717) is 17.8 Å². The van der Waals surface area contributed by atoms with Gasteiger partial charge in [0.05, 0.1) is 31.0 Å². The molecule has 3 aliphatic heterocycles. The highest BCUT2D eigenvalue weighted by Crippen LogP contribution is 2.89. The second kappa shape index (κ2) is 9.82. The summed E-state index contributed by atoms with van der Waals surface area (Å²) in [5.74, 6) is 1.37. The Balaban J connectivity index is 1.05. The smallest absolute Gasteiger partial charge is 0.424 e. The molecule has 46 heavy (non-hydrogen) atoms. The van der Waals surface area contributed by atoms with Crippen LogP contribution in [0.2, 0.25) is 0 Å². The van der Waals surface area contributed by atoms with Gasteiger partial charge in [-0.25, -0.2) is 4.79 Å². The van der Waals surface area contributed by atoms with Gasteiger partial charge in [-0.3, -0.25) is 0 Å². The van der Waals surface area contributed by atoms with E-state index in [2.05, 4.69) is 34.6 Å². The molecular formula is C36H56O10. The predicted octanol–water partition coefficient (Wildman–Crippen LogP) is 3.94. The van der Waals surface area contributed by atoms with Gasteiger partial charge in [0.1, 0.15) is 23.9 Å². The molecule has 10 heteroatoms. The topological polar surface area (TPSA) is 144 Å². The Morgan fingerprint density at radius 2 is 1.57 bits per heavy atom. The van der Waals surface area contributed by atoms with Gasteiger partial charge >= 0.3 is 6.16 Å². The zero-order valence-corrected chi connectivity index (χ0v) is 28.6. The molecule has 17 atom stereocenters. The van der Waals surface area contributed by atoms with Crippen molar-refractivity contribution in [2.24, 2.45) is 50.7 Å². The number of aliphatic hydroxyl groups excluding tert-OH is 4. The van der Waals surface area contributed by atoms with Crippen molar-refractivity contribution in [2.45, 2.75) is 161 Å². The van der Waals surface area contributed by atoms with Crippen molar-refractivity contribution < 1.29 is 48.9 Å². The van der Waals surface area contributed by atoms with Gasteiger partial charge in [-0.1, -0.05) is 34.6 Å². The molecule has 5 saturated carbocycles. The van der Waals surface area contributed by atoms with Crippen molar-refractivity contribution in [3.63, 3.8) is 0 Å². The van der Waals surface area contributed by atoms with Crippen molar-refractivity contribution in [1.29, 1.82) is 0 Å². The Morgan fingerprint density at radius 3 is 2.26 bits per heavy atom. The second-order valence-corrected chi connectivity index (χ2v) is 18.4. The third kappa shape index (κ3) is 3.81. The predicted molar refractivity (Wildman–Crippen MR) is 164 cm³/mol. The molecule has 8 rings (SSSR count). The monoisotopic (exact) mass is 648 g/mol. The number of ether oxygens (including phenoxy) is 5. The summed E-state index contributed by atoms with van der Waals surface area (Å²) in [5, 5.41) is 43.3. The number of carbonyl (C=O) groups is 1. The van der Waals surface area contributed by atoms with Crippen molar-refractivity contribution in [1.82, 2.24) is 0 Å². The fourth-order valence-electron chi connectivity index (χ4n) is 13.9. The van der Waals surface area contributed by atoms with Gasteiger partial charge in [0, 0.05) is 5.41 Å². The average molecular weight is 649 g/mol. The van der Waals surface area contributed by atoms with Crippen LogP contribution >= 0.6 is 0 Å². The summed E-state index contributed by atoms with van der Waals surface area (Å²) in [4.78, 5) is 12.1. The van der Waals surface area contributed by atoms with E-state index < -0.39 is 48.6 Å². The fraction of sp³-hybridized carbons (Fsp3) is 0.972. The summed E-state index contributed by atoms with van der Waals surface area (Å²) in [6.45, 7) is 15.4. The molecule has 3 saturated heterocycles. The second-order valence-electron chi connectivity index (χ2n) is 18.4. The largest absolute Gasteiger partial charge is 0.509 e. The molecule has 8 fully saturated rings. The lowest BCUT2D eigenvalue weighted by Gasteiger charge is -2.64. The summed E-state index contributed by atoms with van der Waals surface area (Å²) in [6.07, 6.45) is 1.06. The third-order valence-corrected chi connectivity index (χ3v) is 16.1. The van der Waals surface area contributed by atoms with E-state index in [9.17, 15) is 25.2 Å². The van der Waals surface area contributed by atoms with E-state index in [1.807, 2.05) is 13.8 Å². The van der Waals surface area contributed by atoms with Crippen LogP contribution in [0.15, 0.2) is 0 Å². The average Bonchev–Trinajstić information content (AvgIpc) is 3.51. The first-order chi connectivity index (χ1) is 21.4. The van der Waals surface area contributed by atoms with Crippen LogP contribution in [-0.2, 0) is 23.7 Å². The zero-order valence-electron chi connectivity index (χ0n) is 28.6. The van der Waals surface area contributed by atoms with Crippen molar-refractivity contribution in [3.05, 3.63) is 0 Å². The minimum atomic E-state index is -1.29. The summed E-state index contributed by atoms with van der Waals surface area (Å²) in [5.41, 5.74) is -0.931. The molecule has 260 valence electrons. The molecule has 8 aliphatic rings. The quantitative estimate of drug-likeness (QED) is 0.263. The van der Waals surface area contributed by atoms with Crippen LogP contribution in [0.1, 0.15) is 99.8 Å². The Hall–Kier alpha value is -1.01. The van der Waals surface area contributed by atoms with E-state index in [0.717, 1.165) is 38.5 Å².